The number of halogens is 1. The third-order valence-electron chi connectivity index (χ3n) is 2.14. The van der Waals surface area contributed by atoms with Crippen molar-refractivity contribution in [1.82, 2.24) is 9.78 Å². The maximum atomic E-state index is 13.0. The van der Waals surface area contributed by atoms with Crippen molar-refractivity contribution in [3.8, 4) is 0 Å². The van der Waals surface area contributed by atoms with Crippen molar-refractivity contribution >= 4 is 10.9 Å². The van der Waals surface area contributed by atoms with Gasteiger partial charge in [0.1, 0.15) is 5.82 Å². The molecule has 0 unspecified atom stereocenters. The Kier molecular flexibility index (Phi) is 1.77. The van der Waals surface area contributed by atoms with Gasteiger partial charge in [-0.05, 0) is 17.7 Å². The van der Waals surface area contributed by atoms with Gasteiger partial charge in [0.2, 0.25) is 0 Å². The summed E-state index contributed by atoms with van der Waals surface area (Å²) >= 11 is 0. The number of nitrogens with zero attached hydrogens (tertiary/aromatic N) is 2. The van der Waals surface area contributed by atoms with Crippen LogP contribution in [0.2, 0.25) is 0 Å². The van der Waals surface area contributed by atoms with Gasteiger partial charge in [-0.1, -0.05) is 0 Å². The zero-order valence-electron chi connectivity index (χ0n) is 7.29. The van der Waals surface area contributed by atoms with Crippen molar-refractivity contribution in [2.24, 2.45) is 12.8 Å². The molecule has 0 saturated carbocycles. The molecule has 1 aromatic heterocycles. The molecule has 0 amide bonds. The van der Waals surface area contributed by atoms with E-state index in [1.54, 1.807) is 17.9 Å². The van der Waals surface area contributed by atoms with Crippen LogP contribution in [0, 0.1) is 5.82 Å². The van der Waals surface area contributed by atoms with Crippen LogP contribution in [0.1, 0.15) is 5.56 Å². The molecule has 2 N–H and O–H groups in total. The summed E-state index contributed by atoms with van der Waals surface area (Å²) in [6.45, 7) is 0.333. The van der Waals surface area contributed by atoms with Gasteiger partial charge in [0.05, 0.1) is 11.7 Å². The lowest BCUT2D eigenvalue weighted by Crippen LogP contribution is -1.98. The van der Waals surface area contributed by atoms with Gasteiger partial charge < -0.3 is 5.73 Å². The Morgan fingerprint density at radius 3 is 3.00 bits per heavy atom. The van der Waals surface area contributed by atoms with Crippen LogP contribution in [-0.2, 0) is 13.6 Å². The standard InChI is InChI=1S/C9H10FN3/c1-13-9-3-7(10)2-6(4-11)8(9)5-12-13/h2-3,5H,4,11H2,1H3. The Balaban J connectivity index is 2.84. The molecule has 1 heterocycles. The van der Waals surface area contributed by atoms with E-state index in [1.807, 2.05) is 0 Å². The third-order valence-corrected chi connectivity index (χ3v) is 2.14. The van der Waals surface area contributed by atoms with E-state index in [0.717, 1.165) is 16.5 Å². The lowest BCUT2D eigenvalue weighted by atomic mass is 10.1. The van der Waals surface area contributed by atoms with Gasteiger partial charge in [-0.3, -0.25) is 4.68 Å². The predicted octanol–water partition coefficient (Wildman–Crippen LogP) is 1.17. The van der Waals surface area contributed by atoms with Crippen LogP contribution >= 0.6 is 0 Å². The molecule has 0 spiro atoms. The average molecular weight is 179 g/mol. The normalized spacial score (nSPS) is 11.0. The minimum Gasteiger partial charge on any atom is -0.326 e. The van der Waals surface area contributed by atoms with E-state index in [0.29, 0.717) is 6.54 Å². The second kappa shape index (κ2) is 2.81. The number of nitrogens with two attached hydrogens (primary N) is 1. The summed E-state index contributed by atoms with van der Waals surface area (Å²) in [5.74, 6) is -0.267. The molecule has 0 bridgehead atoms. The molecular formula is C9H10FN3. The van der Waals surface area contributed by atoms with Crippen molar-refractivity contribution in [3.05, 3.63) is 29.7 Å². The Bertz CT molecular complexity index is 447. The highest BCUT2D eigenvalue weighted by molar-refractivity contribution is 5.82. The Hall–Kier alpha value is -1.42. The second-order valence-corrected chi connectivity index (χ2v) is 2.97. The number of fused-ring (bicyclic) bond motifs is 1. The molecule has 3 nitrogen and oxygen atoms in total. The van der Waals surface area contributed by atoms with Crippen molar-refractivity contribution in [2.75, 3.05) is 0 Å². The first-order chi connectivity index (χ1) is 6.22. The zero-order chi connectivity index (χ0) is 9.42. The monoisotopic (exact) mass is 179 g/mol. The minimum atomic E-state index is -0.267. The third kappa shape index (κ3) is 1.19. The van der Waals surface area contributed by atoms with Crippen molar-refractivity contribution in [3.63, 3.8) is 0 Å². The molecule has 68 valence electrons. The molecule has 0 saturated heterocycles. The fourth-order valence-electron chi connectivity index (χ4n) is 1.45. The quantitative estimate of drug-likeness (QED) is 0.714. The van der Waals surface area contributed by atoms with Gasteiger partial charge in [0, 0.05) is 19.0 Å². The Morgan fingerprint density at radius 1 is 1.54 bits per heavy atom. The first-order valence-corrected chi connectivity index (χ1v) is 4.02. The van der Waals surface area contributed by atoms with Gasteiger partial charge in [0.25, 0.3) is 0 Å². The van der Waals surface area contributed by atoms with Crippen LogP contribution in [0.15, 0.2) is 18.3 Å². The smallest absolute Gasteiger partial charge is 0.125 e. The van der Waals surface area contributed by atoms with Crippen LogP contribution in [0.4, 0.5) is 4.39 Å². The van der Waals surface area contributed by atoms with Gasteiger partial charge in [0.15, 0.2) is 0 Å². The maximum absolute atomic E-state index is 13.0. The molecule has 2 rings (SSSR count). The number of aromatic nitrogens is 2. The SMILES string of the molecule is Cn1ncc2c(CN)cc(F)cc21. The van der Waals surface area contributed by atoms with Gasteiger partial charge in [-0.15, -0.1) is 0 Å². The Morgan fingerprint density at radius 2 is 2.31 bits per heavy atom. The van der Waals surface area contributed by atoms with Crippen LogP contribution in [0.5, 0.6) is 0 Å². The van der Waals surface area contributed by atoms with E-state index in [2.05, 4.69) is 5.10 Å². The van der Waals surface area contributed by atoms with E-state index in [9.17, 15) is 4.39 Å². The fourth-order valence-corrected chi connectivity index (χ4v) is 1.45. The van der Waals surface area contributed by atoms with E-state index >= 15 is 0 Å². The number of benzene rings is 1. The number of rotatable bonds is 1. The van der Waals surface area contributed by atoms with Crippen molar-refractivity contribution in [1.29, 1.82) is 0 Å². The summed E-state index contributed by atoms with van der Waals surface area (Å²) < 4.78 is 14.7. The topological polar surface area (TPSA) is 43.8 Å². The summed E-state index contributed by atoms with van der Waals surface area (Å²) in [6, 6.07) is 2.91. The van der Waals surface area contributed by atoms with Gasteiger partial charge >= 0.3 is 0 Å². The second-order valence-electron chi connectivity index (χ2n) is 2.97. The van der Waals surface area contributed by atoms with Crippen molar-refractivity contribution < 1.29 is 4.39 Å². The van der Waals surface area contributed by atoms with Gasteiger partial charge in [-0.25, -0.2) is 4.39 Å². The van der Waals surface area contributed by atoms with Crippen LogP contribution in [-0.4, -0.2) is 9.78 Å². The van der Waals surface area contributed by atoms with E-state index < -0.39 is 0 Å². The molecule has 4 heteroatoms. The highest BCUT2D eigenvalue weighted by atomic mass is 19.1. The molecular weight excluding hydrogens is 169 g/mol. The molecule has 1 aromatic carbocycles. The highest BCUT2D eigenvalue weighted by Gasteiger charge is 2.06. The largest absolute Gasteiger partial charge is 0.326 e. The molecule has 0 fully saturated rings. The summed E-state index contributed by atoms with van der Waals surface area (Å²) in [7, 11) is 1.78. The van der Waals surface area contributed by atoms with Crippen LogP contribution in [0.3, 0.4) is 0 Å². The number of hydrogen-bond acceptors (Lipinski definition) is 2. The molecule has 0 aliphatic rings. The molecule has 0 aliphatic heterocycles. The van der Waals surface area contributed by atoms with Crippen LogP contribution in [0.25, 0.3) is 10.9 Å². The van der Waals surface area contributed by atoms with Gasteiger partial charge in [-0.2, -0.15) is 5.10 Å². The van der Waals surface area contributed by atoms with Crippen molar-refractivity contribution in [2.45, 2.75) is 6.54 Å². The van der Waals surface area contributed by atoms with E-state index in [1.165, 1.54) is 12.1 Å². The zero-order valence-corrected chi connectivity index (χ0v) is 7.29. The molecule has 0 aliphatic carbocycles. The summed E-state index contributed by atoms with van der Waals surface area (Å²) in [5.41, 5.74) is 7.06. The highest BCUT2D eigenvalue weighted by Crippen LogP contribution is 2.19. The molecule has 0 radical (unpaired) electrons. The Labute approximate surface area is 75.0 Å². The maximum Gasteiger partial charge on any atom is 0.125 e. The van der Waals surface area contributed by atoms with E-state index in [-0.39, 0.29) is 5.82 Å². The molecule has 2 aromatic rings. The summed E-state index contributed by atoms with van der Waals surface area (Å²) in [4.78, 5) is 0. The minimum absolute atomic E-state index is 0.267. The fraction of sp³-hybridized carbons (Fsp3) is 0.222. The van der Waals surface area contributed by atoms with E-state index in [4.69, 9.17) is 5.73 Å². The summed E-state index contributed by atoms with van der Waals surface area (Å²) in [5, 5.41) is 4.96. The molecule has 0 atom stereocenters. The predicted molar refractivity (Wildman–Crippen MR) is 48.6 cm³/mol. The first kappa shape index (κ1) is 8.19. The lowest BCUT2D eigenvalue weighted by Gasteiger charge is -2.00. The number of aryl methyl sites for hydroxylation is 1. The van der Waals surface area contributed by atoms with Crippen LogP contribution < -0.4 is 5.73 Å². The summed E-state index contributed by atoms with van der Waals surface area (Å²) in [6.07, 6.45) is 1.71. The first-order valence-electron chi connectivity index (χ1n) is 4.02. The number of hydrogen-bond donors (Lipinski definition) is 1. The average Bonchev–Trinajstić information content (AvgIpc) is 2.47. The molecule has 13 heavy (non-hydrogen) atoms. The lowest BCUT2D eigenvalue weighted by molar-refractivity contribution is 0.626.